The SMILES string of the molecule is Cc1ccc([C@@]2(C)[C@]3(C#N)C(N)=[NH+][C@@]4(OCCS4)[C@@]32C#N)cc1. The summed E-state index contributed by atoms with van der Waals surface area (Å²) in [4.78, 5) is 3.14. The highest BCUT2D eigenvalue weighted by Gasteiger charge is 3.02. The zero-order chi connectivity index (χ0) is 16.5. The molecule has 1 aliphatic carbocycles. The highest BCUT2D eigenvalue weighted by atomic mass is 32.2. The summed E-state index contributed by atoms with van der Waals surface area (Å²) in [6, 6.07) is 12.8. The normalized spacial score (nSPS) is 43.6. The molecule has 2 heterocycles. The Morgan fingerprint density at radius 1 is 1.26 bits per heavy atom. The second-order valence-corrected chi connectivity index (χ2v) is 7.84. The van der Waals surface area contributed by atoms with E-state index in [0.29, 0.717) is 12.4 Å². The van der Waals surface area contributed by atoms with Crippen molar-refractivity contribution >= 4 is 17.6 Å². The zero-order valence-electron chi connectivity index (χ0n) is 13.0. The fourth-order valence-electron chi connectivity index (χ4n) is 4.68. The van der Waals surface area contributed by atoms with Crippen LogP contribution in [0.2, 0.25) is 0 Å². The van der Waals surface area contributed by atoms with E-state index in [1.807, 2.05) is 38.1 Å². The Balaban J connectivity index is 2.00. The lowest BCUT2D eigenvalue weighted by Gasteiger charge is -2.27. The van der Waals surface area contributed by atoms with Crippen LogP contribution in [0.1, 0.15) is 18.1 Å². The van der Waals surface area contributed by atoms with Crippen molar-refractivity contribution in [3.8, 4) is 12.1 Å². The summed E-state index contributed by atoms with van der Waals surface area (Å²) in [6.45, 7) is 4.51. The molecule has 3 aliphatic rings. The van der Waals surface area contributed by atoms with Gasteiger partial charge in [0.15, 0.2) is 10.8 Å². The van der Waals surface area contributed by atoms with E-state index in [9.17, 15) is 10.5 Å². The highest BCUT2D eigenvalue weighted by Crippen LogP contribution is 2.83. The molecule has 2 fully saturated rings. The van der Waals surface area contributed by atoms with E-state index in [-0.39, 0.29) is 0 Å². The van der Waals surface area contributed by atoms with Crippen molar-refractivity contribution in [2.75, 3.05) is 12.4 Å². The first-order chi connectivity index (χ1) is 11.0. The summed E-state index contributed by atoms with van der Waals surface area (Å²) in [5.74, 6) is 1.12. The second kappa shape index (κ2) is 4.08. The minimum absolute atomic E-state index is 0.346. The molecule has 0 radical (unpaired) electrons. The summed E-state index contributed by atoms with van der Waals surface area (Å²) in [5.41, 5.74) is 5.52. The third-order valence-electron chi connectivity index (χ3n) is 5.86. The fraction of sp³-hybridized carbons (Fsp3) is 0.471. The van der Waals surface area contributed by atoms with Gasteiger partial charge < -0.3 is 4.74 Å². The molecule has 3 N–H and O–H groups in total. The lowest BCUT2D eigenvalue weighted by Crippen LogP contribution is -2.88. The molecule has 0 aromatic heterocycles. The molecule has 0 bridgehead atoms. The molecule has 6 heteroatoms. The maximum absolute atomic E-state index is 10.2. The smallest absolute Gasteiger partial charge is 0.278 e. The molecule has 1 saturated carbocycles. The maximum Gasteiger partial charge on any atom is 0.278 e. The van der Waals surface area contributed by atoms with Gasteiger partial charge in [0.1, 0.15) is 0 Å². The molecule has 0 unspecified atom stereocenters. The molecule has 116 valence electrons. The van der Waals surface area contributed by atoms with Gasteiger partial charge in [-0.3, -0.25) is 5.73 Å². The van der Waals surface area contributed by atoms with Crippen LogP contribution >= 0.6 is 11.8 Å². The number of benzene rings is 1. The quantitative estimate of drug-likeness (QED) is 0.766. The summed E-state index contributed by atoms with van der Waals surface area (Å²) >= 11 is 1.54. The van der Waals surface area contributed by atoms with Crippen LogP contribution < -0.4 is 10.7 Å². The molecule has 23 heavy (non-hydrogen) atoms. The van der Waals surface area contributed by atoms with Crippen molar-refractivity contribution in [2.24, 2.45) is 16.6 Å². The van der Waals surface area contributed by atoms with Crippen LogP contribution in [-0.4, -0.2) is 23.3 Å². The van der Waals surface area contributed by atoms with Gasteiger partial charge in [-0.1, -0.05) is 48.5 Å². The number of fused-ring (bicyclic) bond motifs is 2. The number of nitriles is 2. The Labute approximate surface area is 139 Å². The van der Waals surface area contributed by atoms with Crippen LogP contribution in [0.25, 0.3) is 0 Å². The standard InChI is InChI=1S/C17H16N4OS/c1-11-3-5-12(6-4-11)14(2)15(9-18)13(20)21-17(16(14,15)10-19)22-7-8-23-17/h3-6H,7-8H2,1-2H3,(H2,20,21)/p+1/t14-,15-,16+,17+/m0/s1. The Morgan fingerprint density at radius 3 is 2.48 bits per heavy atom. The lowest BCUT2D eigenvalue weighted by atomic mass is 9.85. The van der Waals surface area contributed by atoms with E-state index in [1.54, 1.807) is 0 Å². The third-order valence-corrected chi connectivity index (χ3v) is 7.16. The maximum atomic E-state index is 10.2. The van der Waals surface area contributed by atoms with E-state index in [0.717, 1.165) is 16.9 Å². The number of nitrogens with zero attached hydrogens (tertiary/aromatic N) is 2. The summed E-state index contributed by atoms with van der Waals surface area (Å²) < 4.78 is 5.96. The number of amidine groups is 1. The first-order valence-electron chi connectivity index (χ1n) is 7.54. The minimum atomic E-state index is -1.08. The molecular weight excluding hydrogens is 308 g/mol. The summed E-state index contributed by atoms with van der Waals surface area (Å²) in [7, 11) is 0. The fourth-order valence-corrected chi connectivity index (χ4v) is 6.10. The van der Waals surface area contributed by atoms with Crippen molar-refractivity contribution in [1.29, 1.82) is 10.5 Å². The highest BCUT2D eigenvalue weighted by molar-refractivity contribution is 8.00. The molecule has 5 nitrogen and oxygen atoms in total. The van der Waals surface area contributed by atoms with Crippen LogP contribution in [-0.2, 0) is 10.2 Å². The molecule has 1 spiro atoms. The summed E-state index contributed by atoms with van der Waals surface area (Å²) in [5, 5.41) is 19.2. The lowest BCUT2D eigenvalue weighted by molar-refractivity contribution is -0.584. The van der Waals surface area contributed by atoms with E-state index in [4.69, 9.17) is 10.5 Å². The van der Waals surface area contributed by atoms with Crippen LogP contribution in [0, 0.1) is 40.4 Å². The topological polar surface area (TPSA) is 96.8 Å². The van der Waals surface area contributed by atoms with Crippen LogP contribution in [0.15, 0.2) is 24.3 Å². The first-order valence-corrected chi connectivity index (χ1v) is 8.53. The average Bonchev–Trinajstić information content (AvgIpc) is 2.83. The van der Waals surface area contributed by atoms with E-state index in [1.165, 1.54) is 11.8 Å². The van der Waals surface area contributed by atoms with Crippen LogP contribution in [0.5, 0.6) is 0 Å². The Bertz CT molecular complexity index is 814. The Kier molecular flexibility index (Phi) is 2.59. The van der Waals surface area contributed by atoms with E-state index < -0.39 is 21.3 Å². The number of hydrogen-bond acceptors (Lipinski definition) is 5. The Hall–Kier alpha value is -2.02. The molecule has 2 aliphatic heterocycles. The Morgan fingerprint density at radius 2 is 1.96 bits per heavy atom. The largest absolute Gasteiger partial charge is 0.327 e. The first kappa shape index (κ1) is 14.6. The zero-order valence-corrected chi connectivity index (χ0v) is 13.8. The molecule has 0 amide bonds. The predicted octanol–water partition coefficient (Wildman–Crippen LogP) is 0.155. The van der Waals surface area contributed by atoms with E-state index >= 15 is 0 Å². The van der Waals surface area contributed by atoms with Crippen molar-refractivity contribution in [3.05, 3.63) is 35.4 Å². The molecule has 1 saturated heterocycles. The number of thioether (sulfide) groups is 1. The third kappa shape index (κ3) is 1.18. The number of nitrogens with one attached hydrogen (secondary N) is 1. The number of ether oxygens (including phenoxy) is 1. The molecule has 4 rings (SSSR count). The van der Waals surface area contributed by atoms with Gasteiger partial charge in [0, 0.05) is 5.75 Å². The molecule has 1 aromatic rings. The van der Waals surface area contributed by atoms with Crippen LogP contribution in [0.4, 0.5) is 0 Å². The van der Waals surface area contributed by atoms with Crippen molar-refractivity contribution in [3.63, 3.8) is 0 Å². The molecule has 1 aromatic carbocycles. The molecule has 4 atom stereocenters. The van der Waals surface area contributed by atoms with Gasteiger partial charge in [-0.05, 0) is 12.5 Å². The monoisotopic (exact) mass is 325 g/mol. The van der Waals surface area contributed by atoms with Gasteiger partial charge in [-0.2, -0.15) is 10.5 Å². The van der Waals surface area contributed by atoms with Crippen LogP contribution in [0.3, 0.4) is 0 Å². The number of aryl methyl sites for hydroxylation is 1. The predicted molar refractivity (Wildman–Crippen MR) is 85.9 cm³/mol. The minimum Gasteiger partial charge on any atom is -0.327 e. The van der Waals surface area contributed by atoms with Gasteiger partial charge in [0.2, 0.25) is 0 Å². The number of nitrogens with two attached hydrogens (primary N) is 1. The van der Waals surface area contributed by atoms with Gasteiger partial charge in [-0.25, -0.2) is 4.99 Å². The van der Waals surface area contributed by atoms with Crippen molar-refractivity contribution in [1.82, 2.24) is 0 Å². The van der Waals surface area contributed by atoms with Gasteiger partial charge in [-0.15, -0.1) is 0 Å². The van der Waals surface area contributed by atoms with Crippen molar-refractivity contribution in [2.45, 2.75) is 24.3 Å². The van der Waals surface area contributed by atoms with Gasteiger partial charge in [0.25, 0.3) is 10.9 Å². The second-order valence-electron chi connectivity index (χ2n) is 6.57. The summed E-state index contributed by atoms with van der Waals surface area (Å²) in [6.07, 6.45) is 0. The van der Waals surface area contributed by atoms with Gasteiger partial charge in [0.05, 0.1) is 24.2 Å². The van der Waals surface area contributed by atoms with Crippen molar-refractivity contribution < 1.29 is 9.73 Å². The number of rotatable bonds is 1. The molecular formula is C17H17N4OS+. The van der Waals surface area contributed by atoms with Gasteiger partial charge >= 0.3 is 0 Å². The van der Waals surface area contributed by atoms with E-state index in [2.05, 4.69) is 17.1 Å². The number of hydrogen-bond donors (Lipinski definition) is 2. The average molecular weight is 325 g/mol.